The highest BCUT2D eigenvalue weighted by Gasteiger charge is 2.12. The van der Waals surface area contributed by atoms with Gasteiger partial charge in [0.2, 0.25) is 5.43 Å². The Balaban J connectivity index is 2.07. The van der Waals surface area contributed by atoms with Gasteiger partial charge < -0.3 is 14.6 Å². The predicted octanol–water partition coefficient (Wildman–Crippen LogP) is 3.16. The van der Waals surface area contributed by atoms with Crippen LogP contribution < -0.4 is 5.43 Å². The van der Waals surface area contributed by atoms with Gasteiger partial charge in [0.1, 0.15) is 16.9 Å². The largest absolute Gasteiger partial charge is 0.507 e. The van der Waals surface area contributed by atoms with Crippen LogP contribution in [0.4, 0.5) is 5.69 Å². The molecule has 0 saturated heterocycles. The summed E-state index contributed by atoms with van der Waals surface area (Å²) in [7, 11) is 0. The van der Waals surface area contributed by atoms with Crippen molar-refractivity contribution >= 4 is 28.7 Å². The molecular formula is C18H13NO5. The molecule has 0 spiro atoms. The molecule has 3 rings (SSSR count). The number of hydrogen-bond donors (Lipinski definition) is 2. The smallest absolute Gasteiger partial charge is 0.295 e. The Hall–Kier alpha value is -3.41. The molecule has 24 heavy (non-hydrogen) atoms. The first-order valence-corrected chi connectivity index (χ1v) is 7.10. The zero-order valence-electron chi connectivity index (χ0n) is 12.7. The van der Waals surface area contributed by atoms with E-state index in [-0.39, 0.29) is 28.2 Å². The van der Waals surface area contributed by atoms with Crippen molar-refractivity contribution in [2.24, 2.45) is 4.99 Å². The lowest BCUT2D eigenvalue weighted by Crippen LogP contribution is -2.08. The zero-order valence-corrected chi connectivity index (χ0v) is 12.7. The van der Waals surface area contributed by atoms with Gasteiger partial charge in [-0.25, -0.2) is 0 Å². The summed E-state index contributed by atoms with van der Waals surface area (Å²) in [6.07, 6.45) is 1.17. The quantitative estimate of drug-likeness (QED) is 0.569. The monoisotopic (exact) mass is 323 g/mol. The fourth-order valence-corrected chi connectivity index (χ4v) is 2.28. The second-order valence-electron chi connectivity index (χ2n) is 5.16. The highest BCUT2D eigenvalue weighted by molar-refractivity contribution is 5.98. The first-order valence-electron chi connectivity index (χ1n) is 7.10. The number of nitrogens with zero attached hydrogens (tertiary/aromatic N) is 1. The minimum absolute atomic E-state index is 0.0915. The molecule has 0 fully saturated rings. The van der Waals surface area contributed by atoms with E-state index >= 15 is 0 Å². The molecule has 1 aromatic heterocycles. The molecule has 0 atom stereocenters. The number of phenols is 1. The molecule has 0 aliphatic heterocycles. The van der Waals surface area contributed by atoms with Crippen LogP contribution in [-0.2, 0) is 0 Å². The number of rotatable bonds is 3. The molecule has 0 radical (unpaired) electrons. The Morgan fingerprint density at radius 3 is 2.67 bits per heavy atom. The Morgan fingerprint density at radius 2 is 1.92 bits per heavy atom. The second kappa shape index (κ2) is 6.00. The number of ketones is 1. The first kappa shape index (κ1) is 15.5. The van der Waals surface area contributed by atoms with Gasteiger partial charge in [-0.3, -0.25) is 14.6 Å². The molecular weight excluding hydrogens is 310 g/mol. The molecule has 2 N–H and O–H groups in total. The van der Waals surface area contributed by atoms with Gasteiger partial charge in [-0.2, -0.15) is 0 Å². The van der Waals surface area contributed by atoms with E-state index in [1.165, 1.54) is 31.3 Å². The number of aromatic hydroxyl groups is 2. The number of aliphatic imine (C=N–C) groups is 1. The molecule has 6 heteroatoms. The minimum Gasteiger partial charge on any atom is -0.507 e. The minimum atomic E-state index is -0.534. The van der Waals surface area contributed by atoms with Crippen LogP contribution in [-0.4, -0.2) is 22.2 Å². The van der Waals surface area contributed by atoms with E-state index in [2.05, 4.69) is 4.99 Å². The highest BCUT2D eigenvalue weighted by Crippen LogP contribution is 2.24. The molecule has 1 heterocycles. The van der Waals surface area contributed by atoms with Crippen LogP contribution >= 0.6 is 0 Å². The standard InChI is InChI=1S/C18H13NO5/c1-10(20)13-8-11(6-7-15(13)21)19-9-14-17(22)12-4-2-3-5-16(12)24-18(14)23/h2-9,21,23H,1H3/b19-9+. The summed E-state index contributed by atoms with van der Waals surface area (Å²) in [5.41, 5.74) is 0.250. The molecule has 0 amide bonds. The molecule has 6 nitrogen and oxygen atoms in total. The van der Waals surface area contributed by atoms with Crippen molar-refractivity contribution in [3.05, 3.63) is 63.8 Å². The lowest BCUT2D eigenvalue weighted by Gasteiger charge is -2.03. The van der Waals surface area contributed by atoms with E-state index < -0.39 is 11.4 Å². The van der Waals surface area contributed by atoms with Gasteiger partial charge >= 0.3 is 0 Å². The number of fused-ring (bicyclic) bond motifs is 1. The maximum atomic E-state index is 12.4. The fourth-order valence-electron chi connectivity index (χ4n) is 2.28. The fraction of sp³-hybridized carbons (Fsp3) is 0.0556. The van der Waals surface area contributed by atoms with Crippen molar-refractivity contribution < 1.29 is 19.4 Å². The second-order valence-corrected chi connectivity index (χ2v) is 5.16. The number of para-hydroxylation sites is 1. The van der Waals surface area contributed by atoms with Crippen LogP contribution in [0.15, 0.2) is 56.7 Å². The molecule has 0 aliphatic carbocycles. The number of phenolic OH excluding ortho intramolecular Hbond substituents is 1. The van der Waals surface area contributed by atoms with E-state index in [9.17, 15) is 19.8 Å². The van der Waals surface area contributed by atoms with E-state index in [1.807, 2.05) is 0 Å². The van der Waals surface area contributed by atoms with Crippen LogP contribution in [0, 0.1) is 0 Å². The average Bonchev–Trinajstić information content (AvgIpc) is 2.55. The zero-order chi connectivity index (χ0) is 17.3. The molecule has 3 aromatic rings. The van der Waals surface area contributed by atoms with Gasteiger partial charge in [-0.15, -0.1) is 0 Å². The molecule has 0 saturated carbocycles. The Labute approximate surface area is 136 Å². The maximum absolute atomic E-state index is 12.4. The SMILES string of the molecule is CC(=O)c1cc(/N=C/c2c(O)oc3ccccc3c2=O)ccc1O. The molecule has 0 aliphatic rings. The normalized spacial score (nSPS) is 11.2. The van der Waals surface area contributed by atoms with Crippen LogP contribution in [0.25, 0.3) is 11.0 Å². The van der Waals surface area contributed by atoms with E-state index in [1.54, 1.807) is 24.3 Å². The predicted molar refractivity (Wildman–Crippen MR) is 89.5 cm³/mol. The third kappa shape index (κ3) is 2.77. The lowest BCUT2D eigenvalue weighted by molar-refractivity contribution is 0.101. The number of benzene rings is 2. The maximum Gasteiger partial charge on any atom is 0.295 e. The van der Waals surface area contributed by atoms with Gasteiger partial charge in [0.15, 0.2) is 5.78 Å². The van der Waals surface area contributed by atoms with Gasteiger partial charge in [0, 0.05) is 6.21 Å². The topological polar surface area (TPSA) is 100 Å². The Bertz CT molecular complexity index is 1030. The summed E-state index contributed by atoms with van der Waals surface area (Å²) in [6, 6.07) is 10.8. The molecule has 120 valence electrons. The van der Waals surface area contributed by atoms with Gasteiger partial charge in [-0.1, -0.05) is 12.1 Å². The van der Waals surface area contributed by atoms with Crippen molar-refractivity contribution in [2.45, 2.75) is 6.92 Å². The van der Waals surface area contributed by atoms with Crippen molar-refractivity contribution in [3.8, 4) is 11.7 Å². The highest BCUT2D eigenvalue weighted by atomic mass is 16.5. The lowest BCUT2D eigenvalue weighted by atomic mass is 10.1. The summed E-state index contributed by atoms with van der Waals surface area (Å²) < 4.78 is 5.21. The van der Waals surface area contributed by atoms with Crippen LogP contribution in [0.1, 0.15) is 22.8 Å². The Morgan fingerprint density at radius 1 is 1.17 bits per heavy atom. The number of carbonyl (C=O) groups excluding carboxylic acids is 1. The molecule has 2 aromatic carbocycles. The van der Waals surface area contributed by atoms with Crippen LogP contribution in [0.3, 0.4) is 0 Å². The number of hydrogen-bond acceptors (Lipinski definition) is 6. The summed E-state index contributed by atoms with van der Waals surface area (Å²) in [5, 5.41) is 19.8. The summed E-state index contributed by atoms with van der Waals surface area (Å²) in [4.78, 5) is 27.9. The summed E-state index contributed by atoms with van der Waals surface area (Å²) >= 11 is 0. The van der Waals surface area contributed by atoms with Gasteiger partial charge in [0.05, 0.1) is 16.6 Å². The number of Topliss-reactive ketones (excluding diaryl/α,β-unsaturated/α-hetero) is 1. The third-order valence-corrected chi connectivity index (χ3v) is 3.52. The molecule has 0 bridgehead atoms. The van der Waals surface area contributed by atoms with Gasteiger partial charge in [-0.05, 0) is 37.3 Å². The third-order valence-electron chi connectivity index (χ3n) is 3.52. The van der Waals surface area contributed by atoms with Crippen molar-refractivity contribution in [1.29, 1.82) is 0 Å². The van der Waals surface area contributed by atoms with Crippen molar-refractivity contribution in [2.75, 3.05) is 0 Å². The summed E-state index contributed by atoms with van der Waals surface area (Å²) in [6.45, 7) is 1.33. The first-order chi connectivity index (χ1) is 11.5. The number of carbonyl (C=O) groups is 1. The van der Waals surface area contributed by atoms with E-state index in [0.717, 1.165) is 0 Å². The van der Waals surface area contributed by atoms with E-state index in [4.69, 9.17) is 4.42 Å². The summed E-state index contributed by atoms with van der Waals surface area (Å²) in [5.74, 6) is -0.986. The average molecular weight is 323 g/mol. The van der Waals surface area contributed by atoms with Crippen molar-refractivity contribution in [1.82, 2.24) is 0 Å². The van der Waals surface area contributed by atoms with Crippen LogP contribution in [0.5, 0.6) is 11.7 Å². The van der Waals surface area contributed by atoms with Crippen LogP contribution in [0.2, 0.25) is 0 Å². The van der Waals surface area contributed by atoms with E-state index in [0.29, 0.717) is 11.1 Å². The molecule has 0 unspecified atom stereocenters. The van der Waals surface area contributed by atoms with Gasteiger partial charge in [0.25, 0.3) is 5.95 Å². The Kier molecular flexibility index (Phi) is 3.87. The van der Waals surface area contributed by atoms with Crippen molar-refractivity contribution in [3.63, 3.8) is 0 Å².